The lowest BCUT2D eigenvalue weighted by Crippen LogP contribution is -2.56. The normalized spacial score (nSPS) is 37.4. The number of benzene rings is 1. The zero-order valence-electron chi connectivity index (χ0n) is 15.2. The molecular weight excluding hydrogens is 336 g/mol. The van der Waals surface area contributed by atoms with Crippen molar-refractivity contribution in [2.24, 2.45) is 16.7 Å². The van der Waals surface area contributed by atoms with Crippen molar-refractivity contribution in [2.45, 2.75) is 50.8 Å². The molecule has 1 heterocycles. The molecule has 2 saturated carbocycles. The minimum absolute atomic E-state index is 0.00929. The summed E-state index contributed by atoms with van der Waals surface area (Å²) in [5, 5.41) is 10.4. The first-order valence-corrected chi connectivity index (χ1v) is 10.6. The molecule has 0 amide bonds. The highest BCUT2D eigenvalue weighted by Crippen LogP contribution is 2.72. The summed E-state index contributed by atoms with van der Waals surface area (Å²) in [6, 6.07) is 9.47. The van der Waals surface area contributed by atoms with Crippen LogP contribution in [0.2, 0.25) is 0 Å². The summed E-state index contributed by atoms with van der Waals surface area (Å²) in [5.41, 5.74) is 0.681. The van der Waals surface area contributed by atoms with Crippen LogP contribution in [0.5, 0.6) is 0 Å². The average molecular weight is 365 g/mol. The van der Waals surface area contributed by atoms with E-state index in [2.05, 4.69) is 20.8 Å². The number of aliphatic hydroxyl groups excluding tert-OH is 1. The Morgan fingerprint density at radius 3 is 2.48 bits per heavy atom. The predicted octanol–water partition coefficient (Wildman–Crippen LogP) is 3.04. The average Bonchev–Trinajstić information content (AvgIpc) is 3.19. The van der Waals surface area contributed by atoms with Gasteiger partial charge in [-0.25, -0.2) is 0 Å². The molecule has 1 N–H and O–H groups in total. The van der Waals surface area contributed by atoms with Crippen molar-refractivity contribution in [3.63, 3.8) is 0 Å². The Hall–Kier alpha value is -0.750. The maximum absolute atomic E-state index is 13.4. The highest BCUT2D eigenvalue weighted by molar-refractivity contribution is 7.85. The Labute approximate surface area is 152 Å². The van der Waals surface area contributed by atoms with Gasteiger partial charge in [-0.15, -0.1) is 0 Å². The van der Waals surface area contributed by atoms with Gasteiger partial charge in [0.25, 0.3) is 0 Å². The lowest BCUT2D eigenvalue weighted by atomic mass is 9.68. The van der Waals surface area contributed by atoms with E-state index in [1.54, 1.807) is 0 Å². The van der Waals surface area contributed by atoms with Gasteiger partial charge in [0.2, 0.25) is 0 Å². The number of hydrogen-bond acceptors (Lipinski definition) is 4. The molecule has 3 aliphatic rings. The van der Waals surface area contributed by atoms with Crippen LogP contribution in [-0.2, 0) is 20.3 Å². The summed E-state index contributed by atoms with van der Waals surface area (Å²) in [4.78, 5) is 0. The van der Waals surface area contributed by atoms with Gasteiger partial charge in [0, 0.05) is 16.2 Å². The molecule has 0 aromatic heterocycles. The van der Waals surface area contributed by atoms with Gasteiger partial charge in [-0.2, -0.15) is 0 Å². The molecule has 1 saturated heterocycles. The monoisotopic (exact) mass is 364 g/mol. The van der Waals surface area contributed by atoms with Crippen LogP contribution in [0.25, 0.3) is 0 Å². The number of hydrogen-bond donors (Lipinski definition) is 1. The maximum Gasteiger partial charge on any atom is 0.189 e. The summed E-state index contributed by atoms with van der Waals surface area (Å²) in [6.07, 6.45) is 1.37. The summed E-state index contributed by atoms with van der Waals surface area (Å²) in [7, 11) is -1.23. The van der Waals surface area contributed by atoms with Gasteiger partial charge < -0.3 is 14.6 Å². The Morgan fingerprint density at radius 2 is 1.84 bits per heavy atom. The third-order valence-electron chi connectivity index (χ3n) is 7.32. The number of rotatable bonds is 4. The Balaban J connectivity index is 1.64. The second-order valence-electron chi connectivity index (χ2n) is 8.46. The minimum Gasteiger partial charge on any atom is -0.387 e. The molecule has 4 nitrogen and oxygen atoms in total. The van der Waals surface area contributed by atoms with E-state index in [0.29, 0.717) is 19.1 Å². The van der Waals surface area contributed by atoms with Crippen LogP contribution in [0.1, 0.15) is 45.3 Å². The zero-order chi connectivity index (χ0) is 17.9. The largest absolute Gasteiger partial charge is 0.387 e. The first-order valence-electron chi connectivity index (χ1n) is 9.21. The molecule has 0 unspecified atom stereocenters. The zero-order valence-corrected chi connectivity index (χ0v) is 16.1. The first-order chi connectivity index (χ1) is 11.8. The minimum atomic E-state index is -1.23. The summed E-state index contributed by atoms with van der Waals surface area (Å²) < 4.78 is 25.8. The van der Waals surface area contributed by atoms with Crippen molar-refractivity contribution >= 4 is 10.8 Å². The van der Waals surface area contributed by atoms with Crippen molar-refractivity contribution < 1.29 is 18.8 Å². The van der Waals surface area contributed by atoms with Crippen LogP contribution in [0.3, 0.4) is 0 Å². The standard InChI is InChI=1S/C20H28O4S/c1-18(2)15-9-10-19(18,3)20(23-11-12-24-20)17(15)25(22)13-16(21)14-7-5-4-6-8-14/h4-8,15-17,21H,9-13H2,1-3H3/t15-,16+,17+,19-,25-/m1/s1. The van der Waals surface area contributed by atoms with Gasteiger partial charge >= 0.3 is 0 Å². The van der Waals surface area contributed by atoms with Crippen molar-refractivity contribution in [3.05, 3.63) is 35.9 Å². The lowest BCUT2D eigenvalue weighted by Gasteiger charge is -2.46. The summed E-state index contributed by atoms with van der Waals surface area (Å²) in [5.74, 6) is -0.244. The molecule has 2 aliphatic carbocycles. The second-order valence-corrected chi connectivity index (χ2v) is 10.1. The van der Waals surface area contributed by atoms with Crippen molar-refractivity contribution in [2.75, 3.05) is 19.0 Å². The Morgan fingerprint density at radius 1 is 1.20 bits per heavy atom. The van der Waals surface area contributed by atoms with Gasteiger partial charge in [-0.3, -0.25) is 4.21 Å². The van der Waals surface area contributed by atoms with E-state index in [9.17, 15) is 9.32 Å². The fourth-order valence-electron chi connectivity index (χ4n) is 5.57. The molecule has 138 valence electrons. The smallest absolute Gasteiger partial charge is 0.189 e. The predicted molar refractivity (Wildman–Crippen MR) is 97.4 cm³/mol. The molecule has 5 atom stereocenters. The SMILES string of the molecule is CC1(C)[C@@H]2CC[C@@]1(C)C1(OCCO1)[C@H]2[S@](=O)C[C@H](O)c1ccccc1. The van der Waals surface area contributed by atoms with Crippen LogP contribution in [0, 0.1) is 16.7 Å². The third-order valence-corrected chi connectivity index (χ3v) is 9.17. The van der Waals surface area contributed by atoms with Gasteiger partial charge in [0.1, 0.15) is 0 Å². The van der Waals surface area contributed by atoms with Gasteiger partial charge in [-0.1, -0.05) is 51.1 Å². The molecule has 1 aromatic rings. The fraction of sp³-hybridized carbons (Fsp3) is 0.700. The molecule has 2 bridgehead atoms. The lowest BCUT2D eigenvalue weighted by molar-refractivity contribution is -0.233. The van der Waals surface area contributed by atoms with Crippen LogP contribution in [-0.4, -0.2) is 39.3 Å². The van der Waals surface area contributed by atoms with Gasteiger partial charge in [0.05, 0.1) is 30.3 Å². The second kappa shape index (κ2) is 5.88. The molecule has 1 spiro atoms. The highest BCUT2D eigenvalue weighted by Gasteiger charge is 2.77. The summed E-state index contributed by atoms with van der Waals surface area (Å²) in [6.45, 7) is 7.90. The molecule has 1 aromatic carbocycles. The number of ether oxygens (including phenoxy) is 2. The molecular formula is C20H28O4S. The quantitative estimate of drug-likeness (QED) is 0.892. The van der Waals surface area contributed by atoms with E-state index >= 15 is 0 Å². The number of aliphatic hydroxyl groups is 1. The molecule has 3 fully saturated rings. The van der Waals surface area contributed by atoms with Crippen molar-refractivity contribution in [1.82, 2.24) is 0 Å². The van der Waals surface area contributed by atoms with E-state index in [1.165, 1.54) is 0 Å². The third kappa shape index (κ3) is 2.25. The van der Waals surface area contributed by atoms with Gasteiger partial charge in [0.15, 0.2) is 5.79 Å². The number of fused-ring (bicyclic) bond motifs is 3. The highest BCUT2D eigenvalue weighted by atomic mass is 32.2. The van der Waals surface area contributed by atoms with E-state index < -0.39 is 22.7 Å². The van der Waals surface area contributed by atoms with Crippen LogP contribution in [0.15, 0.2) is 30.3 Å². The fourth-order valence-corrected chi connectivity index (χ4v) is 7.86. The molecule has 4 rings (SSSR count). The molecule has 25 heavy (non-hydrogen) atoms. The topological polar surface area (TPSA) is 55.8 Å². The molecule has 0 radical (unpaired) electrons. The van der Waals surface area contributed by atoms with E-state index in [-0.39, 0.29) is 21.8 Å². The van der Waals surface area contributed by atoms with Crippen molar-refractivity contribution in [1.29, 1.82) is 0 Å². The van der Waals surface area contributed by atoms with E-state index in [0.717, 1.165) is 18.4 Å². The van der Waals surface area contributed by atoms with Crippen LogP contribution in [0.4, 0.5) is 0 Å². The van der Waals surface area contributed by atoms with Crippen molar-refractivity contribution in [3.8, 4) is 0 Å². The molecule has 1 aliphatic heterocycles. The first kappa shape index (κ1) is 17.7. The summed E-state index contributed by atoms with van der Waals surface area (Å²) >= 11 is 0. The Bertz CT molecular complexity index is 668. The van der Waals surface area contributed by atoms with E-state index in [4.69, 9.17) is 9.47 Å². The van der Waals surface area contributed by atoms with E-state index in [1.807, 2.05) is 30.3 Å². The van der Waals surface area contributed by atoms with Gasteiger partial charge in [-0.05, 0) is 29.7 Å². The van der Waals surface area contributed by atoms with Crippen LogP contribution < -0.4 is 0 Å². The molecule has 5 heteroatoms. The Kier molecular flexibility index (Phi) is 4.15. The van der Waals surface area contributed by atoms with Crippen LogP contribution >= 0.6 is 0 Å². The maximum atomic E-state index is 13.4.